The van der Waals surface area contributed by atoms with E-state index < -0.39 is 0 Å². The molecular weight excluding hydrogens is 288 g/mol. The topological polar surface area (TPSA) is 50.6 Å². The molecule has 0 radical (unpaired) electrons. The molecule has 0 N–H and O–H groups in total. The lowest BCUT2D eigenvalue weighted by Gasteiger charge is -2.36. The maximum absolute atomic E-state index is 12.0. The lowest BCUT2D eigenvalue weighted by atomic mass is 10.1. The van der Waals surface area contributed by atoms with Gasteiger partial charge in [-0.15, -0.1) is 0 Å². The highest BCUT2D eigenvalue weighted by molar-refractivity contribution is 6.30. The summed E-state index contributed by atoms with van der Waals surface area (Å²) in [5.74, 6) is 0.149. The van der Waals surface area contributed by atoms with Gasteiger partial charge in [-0.05, 0) is 32.3 Å². The predicted molar refractivity (Wildman–Crippen MR) is 83.5 cm³/mol. The first-order valence-corrected chi connectivity index (χ1v) is 7.26. The van der Waals surface area contributed by atoms with Gasteiger partial charge in [0.25, 0.3) is 0 Å². The van der Waals surface area contributed by atoms with Crippen molar-refractivity contribution in [1.29, 1.82) is 5.26 Å². The van der Waals surface area contributed by atoms with Crippen molar-refractivity contribution in [1.82, 2.24) is 9.80 Å². The summed E-state index contributed by atoms with van der Waals surface area (Å²) in [5.41, 5.74) is 1.47. The second-order valence-corrected chi connectivity index (χ2v) is 5.82. The van der Waals surface area contributed by atoms with Crippen LogP contribution in [0.2, 0.25) is 5.02 Å². The fourth-order valence-electron chi connectivity index (χ4n) is 2.44. The molecule has 1 fully saturated rings. The number of anilines is 1. The summed E-state index contributed by atoms with van der Waals surface area (Å²) in [4.78, 5) is 17.9. The molecule has 1 aliphatic heterocycles. The fourth-order valence-corrected chi connectivity index (χ4v) is 2.61. The first-order valence-electron chi connectivity index (χ1n) is 6.88. The Morgan fingerprint density at radius 3 is 2.57 bits per heavy atom. The van der Waals surface area contributed by atoms with Crippen LogP contribution in [0.5, 0.6) is 0 Å². The lowest BCUT2D eigenvalue weighted by molar-refractivity contribution is -0.132. The van der Waals surface area contributed by atoms with E-state index in [2.05, 4.69) is 11.0 Å². The molecular formula is C15H19ClN4O. The first kappa shape index (κ1) is 15.6. The average Bonchev–Trinajstić information content (AvgIpc) is 2.46. The molecule has 0 unspecified atom stereocenters. The summed E-state index contributed by atoms with van der Waals surface area (Å²) in [6.45, 7) is 3.26. The largest absolute Gasteiger partial charge is 0.367 e. The van der Waals surface area contributed by atoms with Crippen LogP contribution < -0.4 is 4.90 Å². The Balaban J connectivity index is 2.02. The van der Waals surface area contributed by atoms with Gasteiger partial charge in [0, 0.05) is 31.2 Å². The maximum Gasteiger partial charge on any atom is 0.236 e. The molecule has 1 aromatic rings. The van der Waals surface area contributed by atoms with Gasteiger partial charge in [0.1, 0.15) is 6.07 Å². The number of amides is 1. The Kier molecular flexibility index (Phi) is 5.05. The van der Waals surface area contributed by atoms with E-state index in [0.717, 1.165) is 18.8 Å². The molecule has 0 spiro atoms. The van der Waals surface area contributed by atoms with E-state index in [9.17, 15) is 10.1 Å². The predicted octanol–water partition coefficient (Wildman–Crippen LogP) is 1.42. The van der Waals surface area contributed by atoms with E-state index in [4.69, 9.17) is 11.6 Å². The number of carbonyl (C=O) groups excluding carboxylic acids is 1. The Labute approximate surface area is 130 Å². The molecule has 1 aromatic carbocycles. The minimum absolute atomic E-state index is 0.149. The zero-order valence-electron chi connectivity index (χ0n) is 12.3. The van der Waals surface area contributed by atoms with Crippen LogP contribution in [0.15, 0.2) is 18.2 Å². The number of halogens is 1. The van der Waals surface area contributed by atoms with Crippen LogP contribution >= 0.6 is 11.6 Å². The number of likely N-dealkylation sites (N-methyl/N-ethyl adjacent to an activating group) is 1. The van der Waals surface area contributed by atoms with Crippen molar-refractivity contribution in [3.05, 3.63) is 28.8 Å². The van der Waals surface area contributed by atoms with Gasteiger partial charge in [0.15, 0.2) is 0 Å². The molecule has 5 nitrogen and oxygen atoms in total. The number of nitrogens with zero attached hydrogens (tertiary/aromatic N) is 4. The molecule has 0 aliphatic carbocycles. The highest BCUT2D eigenvalue weighted by atomic mass is 35.5. The molecule has 0 aromatic heterocycles. The van der Waals surface area contributed by atoms with E-state index in [1.165, 1.54) is 0 Å². The normalized spacial score (nSPS) is 15.2. The van der Waals surface area contributed by atoms with Gasteiger partial charge in [-0.25, -0.2) is 0 Å². The van der Waals surface area contributed by atoms with E-state index in [1.807, 2.05) is 30.0 Å². The molecule has 1 heterocycles. The van der Waals surface area contributed by atoms with Gasteiger partial charge < -0.3 is 14.7 Å². The summed E-state index contributed by atoms with van der Waals surface area (Å²) in [6, 6.07) is 7.53. The minimum atomic E-state index is 0.149. The number of piperazine rings is 1. The smallest absolute Gasteiger partial charge is 0.236 e. The van der Waals surface area contributed by atoms with Crippen molar-refractivity contribution in [3.63, 3.8) is 0 Å². The van der Waals surface area contributed by atoms with Crippen molar-refractivity contribution < 1.29 is 4.79 Å². The lowest BCUT2D eigenvalue weighted by Crippen LogP contribution is -2.50. The van der Waals surface area contributed by atoms with Crippen LogP contribution in [-0.2, 0) is 4.79 Å². The SMILES string of the molecule is CN(C)CC(=O)N1CCN(c2ccc(Cl)cc2C#N)CC1. The van der Waals surface area contributed by atoms with Crippen LogP contribution in [0.25, 0.3) is 0 Å². The molecule has 1 saturated heterocycles. The molecule has 0 saturated carbocycles. The van der Waals surface area contributed by atoms with Crippen LogP contribution in [0.4, 0.5) is 5.69 Å². The quantitative estimate of drug-likeness (QED) is 0.847. The van der Waals surface area contributed by atoms with Gasteiger partial charge in [0.05, 0.1) is 17.8 Å². The van der Waals surface area contributed by atoms with Gasteiger partial charge >= 0.3 is 0 Å². The molecule has 112 valence electrons. The number of nitriles is 1. The Morgan fingerprint density at radius 2 is 2.00 bits per heavy atom. The van der Waals surface area contributed by atoms with E-state index >= 15 is 0 Å². The second-order valence-electron chi connectivity index (χ2n) is 5.38. The Bertz CT molecular complexity index is 559. The van der Waals surface area contributed by atoms with Gasteiger partial charge in [-0.1, -0.05) is 11.6 Å². The fraction of sp³-hybridized carbons (Fsp3) is 0.467. The van der Waals surface area contributed by atoms with Crippen molar-refractivity contribution in [3.8, 4) is 6.07 Å². The summed E-state index contributed by atoms with van der Waals surface area (Å²) < 4.78 is 0. The van der Waals surface area contributed by atoms with Gasteiger partial charge in [0.2, 0.25) is 5.91 Å². The third kappa shape index (κ3) is 3.87. The third-order valence-corrected chi connectivity index (χ3v) is 3.74. The molecule has 6 heteroatoms. The highest BCUT2D eigenvalue weighted by Crippen LogP contribution is 2.24. The molecule has 1 aliphatic rings. The number of benzene rings is 1. The molecule has 21 heavy (non-hydrogen) atoms. The number of hydrogen-bond donors (Lipinski definition) is 0. The standard InChI is InChI=1S/C15H19ClN4O/c1-18(2)11-15(21)20-7-5-19(6-8-20)14-4-3-13(16)9-12(14)10-17/h3-4,9H,5-8,11H2,1-2H3. The maximum atomic E-state index is 12.0. The monoisotopic (exact) mass is 306 g/mol. The molecule has 2 rings (SSSR count). The van der Waals surface area contributed by atoms with E-state index in [-0.39, 0.29) is 5.91 Å². The summed E-state index contributed by atoms with van der Waals surface area (Å²) in [5, 5.41) is 9.77. The number of rotatable bonds is 3. The molecule has 1 amide bonds. The van der Waals surface area contributed by atoms with Crippen LogP contribution in [-0.4, -0.2) is 62.5 Å². The molecule has 0 atom stereocenters. The van der Waals surface area contributed by atoms with Crippen molar-refractivity contribution >= 4 is 23.2 Å². The minimum Gasteiger partial charge on any atom is -0.367 e. The van der Waals surface area contributed by atoms with Crippen LogP contribution in [0, 0.1) is 11.3 Å². The number of hydrogen-bond acceptors (Lipinski definition) is 4. The Morgan fingerprint density at radius 1 is 1.33 bits per heavy atom. The highest BCUT2D eigenvalue weighted by Gasteiger charge is 2.22. The first-order chi connectivity index (χ1) is 10.0. The summed E-state index contributed by atoms with van der Waals surface area (Å²) >= 11 is 5.92. The van der Waals surface area contributed by atoms with Crippen molar-refractivity contribution in [2.24, 2.45) is 0 Å². The zero-order valence-corrected chi connectivity index (χ0v) is 13.1. The van der Waals surface area contributed by atoms with E-state index in [0.29, 0.717) is 30.2 Å². The van der Waals surface area contributed by atoms with Gasteiger partial charge in [-0.2, -0.15) is 5.26 Å². The van der Waals surface area contributed by atoms with Crippen LogP contribution in [0.1, 0.15) is 5.56 Å². The van der Waals surface area contributed by atoms with Gasteiger partial charge in [-0.3, -0.25) is 4.79 Å². The second kappa shape index (κ2) is 6.79. The third-order valence-electron chi connectivity index (χ3n) is 3.50. The molecule has 0 bridgehead atoms. The summed E-state index contributed by atoms with van der Waals surface area (Å²) in [6.07, 6.45) is 0. The van der Waals surface area contributed by atoms with Crippen molar-refractivity contribution in [2.45, 2.75) is 0 Å². The van der Waals surface area contributed by atoms with Crippen molar-refractivity contribution in [2.75, 3.05) is 51.7 Å². The zero-order chi connectivity index (χ0) is 15.4. The Hall–Kier alpha value is -1.77. The van der Waals surface area contributed by atoms with E-state index in [1.54, 1.807) is 12.1 Å². The average molecular weight is 307 g/mol. The van der Waals surface area contributed by atoms with Crippen LogP contribution in [0.3, 0.4) is 0 Å². The number of carbonyl (C=O) groups is 1. The summed E-state index contributed by atoms with van der Waals surface area (Å²) in [7, 11) is 3.78.